The van der Waals surface area contributed by atoms with Gasteiger partial charge in [0.25, 0.3) is 0 Å². The van der Waals surface area contributed by atoms with E-state index in [-0.39, 0.29) is 11.5 Å². The van der Waals surface area contributed by atoms with Crippen molar-refractivity contribution in [3.8, 4) is 0 Å². The molecule has 1 amide bonds. The quantitative estimate of drug-likeness (QED) is 0.880. The second-order valence-corrected chi connectivity index (χ2v) is 7.12. The van der Waals surface area contributed by atoms with Crippen LogP contribution >= 0.6 is 0 Å². The summed E-state index contributed by atoms with van der Waals surface area (Å²) in [6, 6.07) is 7.70. The Morgan fingerprint density at radius 2 is 2.00 bits per heavy atom. The summed E-state index contributed by atoms with van der Waals surface area (Å²) in [4.78, 5) is 29.5. The molecular weight excluding hydrogens is 328 g/mol. The summed E-state index contributed by atoms with van der Waals surface area (Å²) in [6.07, 6.45) is 4.96. The van der Waals surface area contributed by atoms with Crippen molar-refractivity contribution in [3.05, 3.63) is 45.7 Å². The highest BCUT2D eigenvalue weighted by Crippen LogP contribution is 2.23. The van der Waals surface area contributed by atoms with Crippen LogP contribution in [0.1, 0.15) is 43.9 Å². The van der Waals surface area contributed by atoms with Crippen LogP contribution in [-0.4, -0.2) is 35.7 Å². The number of H-pyrrole nitrogens is 1. The van der Waals surface area contributed by atoms with E-state index in [0.29, 0.717) is 12.5 Å². The zero-order valence-corrected chi connectivity index (χ0v) is 15.7. The number of ether oxygens (including phenoxy) is 1. The van der Waals surface area contributed by atoms with Crippen molar-refractivity contribution in [1.29, 1.82) is 0 Å². The number of fused-ring (bicyclic) bond motifs is 1. The van der Waals surface area contributed by atoms with E-state index in [9.17, 15) is 9.59 Å². The largest absolute Gasteiger partial charge is 0.450 e. The number of carbonyl (C=O) groups excluding carboxylic acids is 1. The monoisotopic (exact) mass is 356 g/mol. The SMILES string of the molecule is CCOC(=O)N1CCC(CCCc2[nH]c3ccccc3c(=O)c2C)CC1. The van der Waals surface area contributed by atoms with Crippen LogP contribution in [0.15, 0.2) is 29.1 Å². The lowest BCUT2D eigenvalue weighted by Crippen LogP contribution is -2.38. The average Bonchev–Trinajstić information content (AvgIpc) is 2.66. The first-order chi connectivity index (χ1) is 12.6. The lowest BCUT2D eigenvalue weighted by atomic mass is 9.91. The third-order valence-electron chi connectivity index (χ3n) is 5.43. The Balaban J connectivity index is 1.53. The number of pyridine rings is 1. The van der Waals surface area contributed by atoms with Crippen LogP contribution in [0.5, 0.6) is 0 Å². The summed E-state index contributed by atoms with van der Waals surface area (Å²) >= 11 is 0. The molecule has 5 nitrogen and oxygen atoms in total. The van der Waals surface area contributed by atoms with Crippen LogP contribution in [0.2, 0.25) is 0 Å². The van der Waals surface area contributed by atoms with Crippen LogP contribution in [0.25, 0.3) is 10.9 Å². The molecule has 0 unspecified atom stereocenters. The number of hydrogen-bond donors (Lipinski definition) is 1. The van der Waals surface area contributed by atoms with Crippen LogP contribution in [0, 0.1) is 12.8 Å². The van der Waals surface area contributed by atoms with Gasteiger partial charge in [-0.1, -0.05) is 12.1 Å². The normalized spacial score (nSPS) is 15.4. The zero-order valence-electron chi connectivity index (χ0n) is 15.7. The van der Waals surface area contributed by atoms with Gasteiger partial charge < -0.3 is 14.6 Å². The molecule has 3 rings (SSSR count). The third kappa shape index (κ3) is 4.09. The van der Waals surface area contributed by atoms with Crippen LogP contribution in [0.4, 0.5) is 4.79 Å². The van der Waals surface area contributed by atoms with Gasteiger partial charge in [0, 0.05) is 35.2 Å². The van der Waals surface area contributed by atoms with Gasteiger partial charge in [0.15, 0.2) is 5.43 Å². The Hall–Kier alpha value is -2.30. The lowest BCUT2D eigenvalue weighted by molar-refractivity contribution is 0.0907. The average molecular weight is 356 g/mol. The molecule has 2 aromatic rings. The fourth-order valence-corrected chi connectivity index (χ4v) is 3.82. The number of benzene rings is 1. The van der Waals surface area contributed by atoms with Gasteiger partial charge in [0.1, 0.15) is 0 Å². The van der Waals surface area contributed by atoms with Gasteiger partial charge >= 0.3 is 6.09 Å². The molecule has 1 aromatic carbocycles. The number of likely N-dealkylation sites (tertiary alicyclic amines) is 1. The van der Waals surface area contributed by atoms with Crippen molar-refractivity contribution in [2.45, 2.75) is 46.0 Å². The molecule has 0 spiro atoms. The highest BCUT2D eigenvalue weighted by Gasteiger charge is 2.23. The van der Waals surface area contributed by atoms with Gasteiger partial charge in [-0.15, -0.1) is 0 Å². The predicted octanol–water partition coefficient (Wildman–Crippen LogP) is 4.03. The van der Waals surface area contributed by atoms with Crippen molar-refractivity contribution in [2.75, 3.05) is 19.7 Å². The van der Waals surface area contributed by atoms with Gasteiger partial charge in [-0.3, -0.25) is 4.79 Å². The smallest absolute Gasteiger partial charge is 0.409 e. The van der Waals surface area contributed by atoms with E-state index in [1.165, 1.54) is 0 Å². The molecule has 0 radical (unpaired) electrons. The minimum absolute atomic E-state index is 0.136. The Labute approximate surface area is 154 Å². The highest BCUT2D eigenvalue weighted by molar-refractivity contribution is 5.79. The highest BCUT2D eigenvalue weighted by atomic mass is 16.6. The van der Waals surface area contributed by atoms with E-state index in [1.807, 2.05) is 43.0 Å². The van der Waals surface area contributed by atoms with Gasteiger partial charge in [0.05, 0.1) is 6.61 Å². The first kappa shape index (κ1) is 18.5. The molecule has 0 atom stereocenters. The zero-order chi connectivity index (χ0) is 18.5. The molecular formula is C21H28N2O3. The number of nitrogens with zero attached hydrogens (tertiary/aromatic N) is 1. The third-order valence-corrected chi connectivity index (χ3v) is 5.43. The minimum atomic E-state index is -0.185. The topological polar surface area (TPSA) is 62.4 Å². The van der Waals surface area contributed by atoms with E-state index >= 15 is 0 Å². The number of aromatic amines is 1. The molecule has 1 aliphatic rings. The first-order valence-electron chi connectivity index (χ1n) is 9.62. The maximum atomic E-state index is 12.5. The standard InChI is InChI=1S/C21H28N2O3/c1-3-26-21(25)23-13-11-16(12-14-23)7-6-10-18-15(2)20(24)17-8-4-5-9-19(17)22-18/h4-5,8-9,16H,3,6-7,10-14H2,1-2H3,(H,22,24). The molecule has 26 heavy (non-hydrogen) atoms. The molecule has 2 heterocycles. The molecule has 0 bridgehead atoms. The number of hydrogen-bond acceptors (Lipinski definition) is 3. The second-order valence-electron chi connectivity index (χ2n) is 7.12. The second kappa shape index (κ2) is 8.39. The summed E-state index contributed by atoms with van der Waals surface area (Å²) in [7, 11) is 0. The van der Waals surface area contributed by atoms with E-state index in [0.717, 1.165) is 67.4 Å². The maximum Gasteiger partial charge on any atom is 0.409 e. The van der Waals surface area contributed by atoms with Gasteiger partial charge in [0.2, 0.25) is 0 Å². The van der Waals surface area contributed by atoms with Crippen molar-refractivity contribution in [3.63, 3.8) is 0 Å². The van der Waals surface area contributed by atoms with E-state index < -0.39 is 0 Å². The molecule has 140 valence electrons. The van der Waals surface area contributed by atoms with Crippen LogP contribution in [0.3, 0.4) is 0 Å². The van der Waals surface area contributed by atoms with Crippen molar-refractivity contribution >= 4 is 17.0 Å². The molecule has 0 saturated carbocycles. The fraction of sp³-hybridized carbons (Fsp3) is 0.524. The predicted molar refractivity (Wildman–Crippen MR) is 104 cm³/mol. The van der Waals surface area contributed by atoms with E-state index in [4.69, 9.17) is 4.74 Å². The number of rotatable bonds is 5. The maximum absolute atomic E-state index is 12.5. The van der Waals surface area contributed by atoms with Crippen LogP contribution in [-0.2, 0) is 11.2 Å². The Morgan fingerprint density at radius 3 is 2.73 bits per heavy atom. The van der Waals surface area contributed by atoms with Crippen molar-refractivity contribution < 1.29 is 9.53 Å². The number of nitrogens with one attached hydrogen (secondary N) is 1. The Morgan fingerprint density at radius 1 is 1.27 bits per heavy atom. The van der Waals surface area contributed by atoms with Crippen molar-refractivity contribution in [1.82, 2.24) is 9.88 Å². The fourth-order valence-electron chi connectivity index (χ4n) is 3.82. The molecule has 0 aliphatic carbocycles. The summed E-state index contributed by atoms with van der Waals surface area (Å²) in [6.45, 7) is 5.76. The number of para-hydroxylation sites is 1. The number of piperidine rings is 1. The molecule has 1 N–H and O–H groups in total. The van der Waals surface area contributed by atoms with E-state index in [2.05, 4.69) is 4.98 Å². The number of aryl methyl sites for hydroxylation is 1. The van der Waals surface area contributed by atoms with Crippen LogP contribution < -0.4 is 5.43 Å². The van der Waals surface area contributed by atoms with Gasteiger partial charge in [-0.2, -0.15) is 0 Å². The molecule has 1 aromatic heterocycles. The molecule has 1 saturated heterocycles. The first-order valence-corrected chi connectivity index (χ1v) is 9.62. The summed E-state index contributed by atoms with van der Waals surface area (Å²) in [5.74, 6) is 0.646. The number of aromatic nitrogens is 1. The number of carbonyl (C=O) groups is 1. The van der Waals surface area contributed by atoms with Gasteiger partial charge in [-0.05, 0) is 64.0 Å². The lowest BCUT2D eigenvalue weighted by Gasteiger charge is -2.31. The Kier molecular flexibility index (Phi) is 5.96. The molecule has 5 heteroatoms. The number of amides is 1. The van der Waals surface area contributed by atoms with Gasteiger partial charge in [-0.25, -0.2) is 4.79 Å². The Bertz CT molecular complexity index is 820. The van der Waals surface area contributed by atoms with E-state index in [1.54, 1.807) is 0 Å². The summed E-state index contributed by atoms with van der Waals surface area (Å²) < 4.78 is 5.07. The molecule has 1 fully saturated rings. The summed E-state index contributed by atoms with van der Waals surface area (Å²) in [5, 5.41) is 0.764. The molecule has 1 aliphatic heterocycles. The minimum Gasteiger partial charge on any atom is -0.450 e. The van der Waals surface area contributed by atoms with Crippen molar-refractivity contribution in [2.24, 2.45) is 5.92 Å². The summed E-state index contributed by atoms with van der Waals surface area (Å²) in [5.41, 5.74) is 2.94.